The van der Waals surface area contributed by atoms with Crippen LogP contribution in [0.15, 0.2) is 48.6 Å². The average Bonchev–Trinajstić information content (AvgIpc) is 3.38. The highest BCUT2D eigenvalue weighted by Gasteiger charge is 2.18. The summed E-state index contributed by atoms with van der Waals surface area (Å²) in [5.74, 6) is -0.0699. The van der Waals surface area contributed by atoms with Crippen LogP contribution < -0.4 is 5.32 Å². The molecule has 0 aliphatic carbocycles. The van der Waals surface area contributed by atoms with Gasteiger partial charge in [0.05, 0.1) is 25.4 Å². The molecule has 2 unspecified atom stereocenters. The van der Waals surface area contributed by atoms with Gasteiger partial charge in [0.1, 0.15) is 0 Å². The van der Waals surface area contributed by atoms with E-state index in [9.17, 15) is 19.8 Å². The summed E-state index contributed by atoms with van der Waals surface area (Å²) in [7, 11) is 0. The van der Waals surface area contributed by atoms with Gasteiger partial charge in [0, 0.05) is 12.8 Å². The molecular formula is C66H123NO5. The summed E-state index contributed by atoms with van der Waals surface area (Å²) in [6.07, 6.45) is 78.7. The van der Waals surface area contributed by atoms with Crippen LogP contribution in [-0.2, 0) is 14.3 Å². The molecule has 6 heteroatoms. The van der Waals surface area contributed by atoms with Gasteiger partial charge in [0.15, 0.2) is 0 Å². The van der Waals surface area contributed by atoms with Crippen LogP contribution in [0.2, 0.25) is 0 Å². The average molecular weight is 1010 g/mol. The Balaban J connectivity index is 3.41. The van der Waals surface area contributed by atoms with Gasteiger partial charge >= 0.3 is 5.97 Å². The lowest BCUT2D eigenvalue weighted by atomic mass is 10.0. The van der Waals surface area contributed by atoms with Crippen LogP contribution in [0.5, 0.6) is 0 Å². The third-order valence-corrected chi connectivity index (χ3v) is 14.6. The summed E-state index contributed by atoms with van der Waals surface area (Å²) < 4.78 is 5.48. The Morgan fingerprint density at radius 2 is 0.694 bits per heavy atom. The number of carbonyl (C=O) groups is 2. The van der Waals surface area contributed by atoms with Gasteiger partial charge in [0.2, 0.25) is 5.91 Å². The van der Waals surface area contributed by atoms with E-state index in [0.29, 0.717) is 19.4 Å². The quantitative estimate of drug-likeness (QED) is 0.0320. The third-order valence-electron chi connectivity index (χ3n) is 14.6. The number of hydrogen-bond acceptors (Lipinski definition) is 5. The van der Waals surface area contributed by atoms with Crippen molar-refractivity contribution in [3.63, 3.8) is 0 Å². The van der Waals surface area contributed by atoms with Gasteiger partial charge in [0.25, 0.3) is 0 Å². The van der Waals surface area contributed by atoms with E-state index in [1.165, 1.54) is 257 Å². The SMILES string of the molecule is CCCCC/C=C\C/C=C\CCCCCCCC(=O)OCCCCCCCCCCCCCC/C=C\CCCCCCCCCCCCC(=O)NC(CO)C(O)/C=C/CCCCCCCCCCCCCC. The first-order valence-corrected chi connectivity index (χ1v) is 31.9. The number of nitrogens with one attached hydrogen (secondary N) is 1. The summed E-state index contributed by atoms with van der Waals surface area (Å²) in [6.45, 7) is 4.88. The molecule has 2 atom stereocenters. The number of allylic oxidation sites excluding steroid dienone is 7. The molecular weight excluding hydrogens is 887 g/mol. The molecule has 3 N–H and O–H groups in total. The van der Waals surface area contributed by atoms with E-state index in [1.54, 1.807) is 6.08 Å². The smallest absolute Gasteiger partial charge is 0.305 e. The molecule has 0 bridgehead atoms. The Morgan fingerprint density at radius 1 is 0.389 bits per heavy atom. The molecule has 0 fully saturated rings. The molecule has 0 spiro atoms. The fourth-order valence-electron chi connectivity index (χ4n) is 9.66. The van der Waals surface area contributed by atoms with Crippen LogP contribution in [-0.4, -0.2) is 47.4 Å². The van der Waals surface area contributed by atoms with Gasteiger partial charge in [-0.2, -0.15) is 0 Å². The van der Waals surface area contributed by atoms with Crippen LogP contribution >= 0.6 is 0 Å². The number of ether oxygens (including phenoxy) is 1. The van der Waals surface area contributed by atoms with E-state index in [-0.39, 0.29) is 18.5 Å². The Labute approximate surface area is 448 Å². The number of aliphatic hydroxyl groups excluding tert-OH is 2. The predicted molar refractivity (Wildman–Crippen MR) is 315 cm³/mol. The minimum Gasteiger partial charge on any atom is -0.466 e. The van der Waals surface area contributed by atoms with E-state index in [2.05, 4.69) is 55.6 Å². The van der Waals surface area contributed by atoms with Crippen molar-refractivity contribution in [3.8, 4) is 0 Å². The van der Waals surface area contributed by atoms with Gasteiger partial charge in [-0.15, -0.1) is 0 Å². The summed E-state index contributed by atoms with van der Waals surface area (Å²) in [5, 5.41) is 23.1. The lowest BCUT2D eigenvalue weighted by molar-refractivity contribution is -0.143. The lowest BCUT2D eigenvalue weighted by Crippen LogP contribution is -2.45. The first kappa shape index (κ1) is 69.8. The second kappa shape index (κ2) is 61.4. The maximum absolute atomic E-state index is 12.5. The molecule has 6 nitrogen and oxygen atoms in total. The largest absolute Gasteiger partial charge is 0.466 e. The lowest BCUT2D eigenvalue weighted by Gasteiger charge is -2.20. The molecule has 0 saturated carbocycles. The van der Waals surface area contributed by atoms with E-state index in [0.717, 1.165) is 51.4 Å². The van der Waals surface area contributed by atoms with Gasteiger partial charge < -0.3 is 20.3 Å². The normalized spacial score (nSPS) is 12.9. The molecule has 1 amide bonds. The van der Waals surface area contributed by atoms with Crippen molar-refractivity contribution < 1.29 is 24.5 Å². The monoisotopic (exact) mass is 1010 g/mol. The van der Waals surface area contributed by atoms with E-state index >= 15 is 0 Å². The molecule has 0 aromatic carbocycles. The Bertz CT molecular complexity index is 1210. The second-order valence-electron chi connectivity index (χ2n) is 21.7. The van der Waals surface area contributed by atoms with Crippen molar-refractivity contribution >= 4 is 11.9 Å². The predicted octanol–water partition coefficient (Wildman–Crippen LogP) is 20.1. The summed E-state index contributed by atoms with van der Waals surface area (Å²) in [4.78, 5) is 24.5. The highest BCUT2D eigenvalue weighted by molar-refractivity contribution is 5.76. The standard InChI is InChI=1S/C66H123NO5/c1-3-5-7-9-11-13-15-17-31-36-40-44-48-52-56-60-66(71)72-61-57-53-49-45-41-37-33-30-28-26-24-22-20-19-21-23-25-27-29-32-35-39-43-47-51-55-59-65(70)67-63(62-68)64(69)58-54-50-46-42-38-34-18-16-14-12-10-8-6-4-2/h11,13,17,19,21,31,54,58,63-64,68-69H,3-10,12,14-16,18,20,22-30,32-53,55-57,59-62H2,1-2H3,(H,67,70)/b13-11-,21-19-,31-17-,58-54+. The van der Waals surface area contributed by atoms with Gasteiger partial charge in [-0.1, -0.05) is 281 Å². The molecule has 0 saturated heterocycles. The number of carbonyl (C=O) groups excluding carboxylic acids is 2. The minimum atomic E-state index is -0.846. The summed E-state index contributed by atoms with van der Waals surface area (Å²) in [5.41, 5.74) is 0. The van der Waals surface area contributed by atoms with Crippen molar-refractivity contribution in [2.24, 2.45) is 0 Å². The van der Waals surface area contributed by atoms with Crippen LogP contribution in [0.25, 0.3) is 0 Å². The highest BCUT2D eigenvalue weighted by Crippen LogP contribution is 2.17. The van der Waals surface area contributed by atoms with Crippen LogP contribution in [0.4, 0.5) is 0 Å². The number of amides is 1. The number of rotatable bonds is 59. The first-order chi connectivity index (χ1) is 35.5. The summed E-state index contributed by atoms with van der Waals surface area (Å²) >= 11 is 0. The zero-order valence-electron chi connectivity index (χ0n) is 48.2. The van der Waals surface area contributed by atoms with Crippen molar-refractivity contribution in [2.45, 2.75) is 347 Å². The minimum absolute atomic E-state index is 0.000402. The van der Waals surface area contributed by atoms with Crippen molar-refractivity contribution in [3.05, 3.63) is 48.6 Å². The van der Waals surface area contributed by atoms with Crippen LogP contribution in [0, 0.1) is 0 Å². The van der Waals surface area contributed by atoms with E-state index in [1.807, 2.05) is 6.08 Å². The first-order valence-electron chi connectivity index (χ1n) is 31.9. The molecule has 0 heterocycles. The molecule has 0 aliphatic heterocycles. The number of unbranched alkanes of at least 4 members (excludes halogenated alkanes) is 42. The zero-order valence-corrected chi connectivity index (χ0v) is 48.2. The maximum atomic E-state index is 12.5. The Kier molecular flexibility index (Phi) is 59.5. The Morgan fingerprint density at radius 3 is 1.10 bits per heavy atom. The maximum Gasteiger partial charge on any atom is 0.305 e. The molecule has 0 aromatic rings. The molecule has 72 heavy (non-hydrogen) atoms. The van der Waals surface area contributed by atoms with Crippen molar-refractivity contribution in [1.82, 2.24) is 5.32 Å². The van der Waals surface area contributed by atoms with E-state index in [4.69, 9.17) is 4.74 Å². The fourth-order valence-corrected chi connectivity index (χ4v) is 9.66. The molecule has 422 valence electrons. The van der Waals surface area contributed by atoms with Gasteiger partial charge in [-0.25, -0.2) is 0 Å². The molecule has 0 aromatic heterocycles. The van der Waals surface area contributed by atoms with Gasteiger partial charge in [-0.05, 0) is 89.9 Å². The van der Waals surface area contributed by atoms with Crippen LogP contribution in [0.1, 0.15) is 335 Å². The molecule has 0 radical (unpaired) electrons. The highest BCUT2D eigenvalue weighted by atomic mass is 16.5. The third kappa shape index (κ3) is 57.1. The van der Waals surface area contributed by atoms with Crippen LogP contribution in [0.3, 0.4) is 0 Å². The number of hydrogen-bond donors (Lipinski definition) is 3. The number of aliphatic hydroxyl groups is 2. The summed E-state index contributed by atoms with van der Waals surface area (Å²) in [6, 6.07) is -0.629. The van der Waals surface area contributed by atoms with Gasteiger partial charge in [-0.3, -0.25) is 9.59 Å². The van der Waals surface area contributed by atoms with Crippen molar-refractivity contribution in [2.75, 3.05) is 13.2 Å². The number of esters is 1. The second-order valence-corrected chi connectivity index (χ2v) is 21.7. The van der Waals surface area contributed by atoms with Crippen molar-refractivity contribution in [1.29, 1.82) is 0 Å². The Hall–Kier alpha value is -2.18. The topological polar surface area (TPSA) is 95.9 Å². The fraction of sp³-hybridized carbons (Fsp3) is 0.848. The van der Waals surface area contributed by atoms with E-state index < -0.39 is 12.1 Å². The molecule has 0 aliphatic rings. The zero-order chi connectivity index (χ0) is 52.2. The molecule has 0 rings (SSSR count).